The van der Waals surface area contributed by atoms with Crippen molar-refractivity contribution < 1.29 is 0 Å². The number of hydrogen-bond donors (Lipinski definition) is 2. The highest BCUT2D eigenvalue weighted by Gasteiger charge is 2.20. The quantitative estimate of drug-likeness (QED) is 0.617. The van der Waals surface area contributed by atoms with Crippen molar-refractivity contribution in [1.29, 1.82) is 0 Å². The highest BCUT2D eigenvalue weighted by molar-refractivity contribution is 4.83. The molecule has 2 N–H and O–H groups in total. The van der Waals surface area contributed by atoms with Crippen molar-refractivity contribution in [2.75, 3.05) is 13.1 Å². The molecule has 11 heavy (non-hydrogen) atoms. The van der Waals surface area contributed by atoms with Gasteiger partial charge in [-0.25, -0.2) is 0 Å². The van der Waals surface area contributed by atoms with Crippen LogP contribution in [0.15, 0.2) is 0 Å². The minimum Gasteiger partial charge on any atom is -0.315 e. The minimum atomic E-state index is 0.776. The van der Waals surface area contributed by atoms with Crippen molar-refractivity contribution >= 4 is 0 Å². The largest absolute Gasteiger partial charge is 0.315 e. The van der Waals surface area contributed by atoms with Gasteiger partial charge in [-0.1, -0.05) is 12.8 Å². The molecular weight excluding hydrogens is 136 g/mol. The number of rotatable bonds is 2. The fraction of sp³-hybridized carbons (Fsp3) is 1.00. The smallest absolute Gasteiger partial charge is 0.0207 e. The van der Waals surface area contributed by atoms with Gasteiger partial charge in [0.05, 0.1) is 0 Å². The summed E-state index contributed by atoms with van der Waals surface area (Å²) in [6.07, 6.45) is 7.04. The van der Waals surface area contributed by atoms with Gasteiger partial charge in [-0.15, -0.1) is 0 Å². The summed E-state index contributed by atoms with van der Waals surface area (Å²) in [6.45, 7) is 2.40. The summed E-state index contributed by atoms with van der Waals surface area (Å²) in [4.78, 5) is 0. The fourth-order valence-electron chi connectivity index (χ4n) is 2.22. The molecule has 0 radical (unpaired) electrons. The highest BCUT2D eigenvalue weighted by atomic mass is 15.0. The van der Waals surface area contributed by atoms with Crippen molar-refractivity contribution in [2.24, 2.45) is 0 Å². The maximum atomic E-state index is 3.72. The van der Waals surface area contributed by atoms with Crippen molar-refractivity contribution in [3.8, 4) is 0 Å². The molecule has 1 saturated heterocycles. The molecule has 0 amide bonds. The van der Waals surface area contributed by atoms with Gasteiger partial charge in [0.1, 0.15) is 0 Å². The Labute approximate surface area is 68.7 Å². The van der Waals surface area contributed by atoms with Gasteiger partial charge < -0.3 is 10.6 Å². The third kappa shape index (κ3) is 1.94. The molecule has 64 valence electrons. The Morgan fingerprint density at radius 1 is 1.00 bits per heavy atom. The van der Waals surface area contributed by atoms with E-state index in [1.165, 1.54) is 45.2 Å². The van der Waals surface area contributed by atoms with Crippen LogP contribution in [0.2, 0.25) is 0 Å². The van der Waals surface area contributed by atoms with Gasteiger partial charge in [0.15, 0.2) is 0 Å². The van der Waals surface area contributed by atoms with Crippen LogP contribution in [0.3, 0.4) is 0 Å². The first-order valence-corrected chi connectivity index (χ1v) is 4.92. The van der Waals surface area contributed by atoms with Crippen LogP contribution in [-0.4, -0.2) is 25.2 Å². The lowest BCUT2D eigenvalue weighted by Gasteiger charge is -2.16. The second-order valence-electron chi connectivity index (χ2n) is 3.84. The summed E-state index contributed by atoms with van der Waals surface area (Å²) < 4.78 is 0. The zero-order valence-corrected chi connectivity index (χ0v) is 7.10. The summed E-state index contributed by atoms with van der Waals surface area (Å²) in [5, 5.41) is 7.10. The van der Waals surface area contributed by atoms with Crippen molar-refractivity contribution in [3.05, 3.63) is 0 Å². The molecule has 0 aromatic heterocycles. The molecule has 2 fully saturated rings. The fourth-order valence-corrected chi connectivity index (χ4v) is 2.22. The second-order valence-corrected chi connectivity index (χ2v) is 3.84. The second kappa shape index (κ2) is 3.55. The van der Waals surface area contributed by atoms with E-state index in [2.05, 4.69) is 10.6 Å². The third-order valence-corrected chi connectivity index (χ3v) is 2.89. The molecule has 2 aliphatic rings. The van der Waals surface area contributed by atoms with Crippen LogP contribution in [-0.2, 0) is 0 Å². The Kier molecular flexibility index (Phi) is 2.44. The molecule has 0 spiro atoms. The first kappa shape index (κ1) is 7.56. The predicted octanol–water partition coefficient (Wildman–Crippen LogP) is 0.880. The van der Waals surface area contributed by atoms with Crippen LogP contribution in [0, 0.1) is 0 Å². The van der Waals surface area contributed by atoms with Crippen LogP contribution < -0.4 is 10.6 Å². The first-order valence-electron chi connectivity index (χ1n) is 4.92. The molecule has 1 aliphatic carbocycles. The van der Waals surface area contributed by atoms with E-state index in [0.29, 0.717) is 0 Å². The molecule has 2 nitrogen and oxygen atoms in total. The maximum absolute atomic E-state index is 3.72. The average Bonchev–Trinajstić information content (AvgIpc) is 2.60. The van der Waals surface area contributed by atoms with Crippen molar-refractivity contribution in [3.63, 3.8) is 0 Å². The van der Waals surface area contributed by atoms with E-state index in [4.69, 9.17) is 0 Å². The predicted molar refractivity (Wildman–Crippen MR) is 46.7 cm³/mol. The number of nitrogens with one attached hydrogen (secondary N) is 2. The molecule has 0 aromatic carbocycles. The molecule has 1 aliphatic heterocycles. The Balaban J connectivity index is 1.71. The summed E-state index contributed by atoms with van der Waals surface area (Å²) in [5.41, 5.74) is 0. The lowest BCUT2D eigenvalue weighted by atomic mass is 10.2. The SMILES string of the molecule is C1CCC(N[C@H]2CCNC2)C1. The van der Waals surface area contributed by atoms with E-state index in [9.17, 15) is 0 Å². The zero-order valence-electron chi connectivity index (χ0n) is 7.10. The van der Waals surface area contributed by atoms with Gasteiger partial charge in [-0.2, -0.15) is 0 Å². The van der Waals surface area contributed by atoms with Crippen LogP contribution in [0.1, 0.15) is 32.1 Å². The summed E-state index contributed by atoms with van der Waals surface area (Å²) in [6, 6.07) is 1.62. The van der Waals surface area contributed by atoms with Crippen molar-refractivity contribution in [2.45, 2.75) is 44.2 Å². The van der Waals surface area contributed by atoms with Crippen LogP contribution in [0.25, 0.3) is 0 Å². The van der Waals surface area contributed by atoms with E-state index in [1.807, 2.05) is 0 Å². The molecule has 1 atom stereocenters. The molecule has 1 saturated carbocycles. The Morgan fingerprint density at radius 3 is 2.45 bits per heavy atom. The molecule has 1 heterocycles. The van der Waals surface area contributed by atoms with E-state index in [1.54, 1.807) is 0 Å². The van der Waals surface area contributed by atoms with Crippen molar-refractivity contribution in [1.82, 2.24) is 10.6 Å². The summed E-state index contributed by atoms with van der Waals surface area (Å²) in [7, 11) is 0. The lowest BCUT2D eigenvalue weighted by molar-refractivity contribution is 0.449. The standard InChI is InChI=1S/C9H18N2/c1-2-4-8(3-1)11-9-5-6-10-7-9/h8-11H,1-7H2/t9-/m0/s1. The molecule has 0 unspecified atom stereocenters. The molecule has 2 rings (SSSR count). The number of hydrogen-bond acceptors (Lipinski definition) is 2. The van der Waals surface area contributed by atoms with Gasteiger partial charge in [-0.05, 0) is 25.8 Å². The average molecular weight is 154 g/mol. The normalized spacial score (nSPS) is 33.3. The highest BCUT2D eigenvalue weighted by Crippen LogP contribution is 2.18. The van der Waals surface area contributed by atoms with Gasteiger partial charge in [0.25, 0.3) is 0 Å². The Bertz CT molecular complexity index is 98.7. The van der Waals surface area contributed by atoms with Crippen LogP contribution in [0.5, 0.6) is 0 Å². The van der Waals surface area contributed by atoms with Gasteiger partial charge in [0.2, 0.25) is 0 Å². The molecular formula is C9H18N2. The topological polar surface area (TPSA) is 24.1 Å². The maximum Gasteiger partial charge on any atom is 0.0207 e. The Morgan fingerprint density at radius 2 is 1.82 bits per heavy atom. The summed E-state index contributed by atoms with van der Waals surface area (Å²) in [5.74, 6) is 0. The molecule has 2 heteroatoms. The van der Waals surface area contributed by atoms with Crippen LogP contribution >= 0.6 is 0 Å². The monoisotopic (exact) mass is 154 g/mol. The van der Waals surface area contributed by atoms with E-state index in [0.717, 1.165) is 12.1 Å². The van der Waals surface area contributed by atoms with Crippen LogP contribution in [0.4, 0.5) is 0 Å². The minimum absolute atomic E-state index is 0.776. The van der Waals surface area contributed by atoms with E-state index < -0.39 is 0 Å². The van der Waals surface area contributed by atoms with E-state index in [-0.39, 0.29) is 0 Å². The molecule has 0 bridgehead atoms. The molecule has 0 aromatic rings. The van der Waals surface area contributed by atoms with Gasteiger partial charge in [-0.3, -0.25) is 0 Å². The first-order chi connectivity index (χ1) is 5.45. The third-order valence-electron chi connectivity index (χ3n) is 2.89. The zero-order chi connectivity index (χ0) is 7.52. The van der Waals surface area contributed by atoms with E-state index >= 15 is 0 Å². The summed E-state index contributed by atoms with van der Waals surface area (Å²) >= 11 is 0. The van der Waals surface area contributed by atoms with Gasteiger partial charge >= 0.3 is 0 Å². The Hall–Kier alpha value is -0.0800. The van der Waals surface area contributed by atoms with Gasteiger partial charge in [0, 0.05) is 18.6 Å². The lowest BCUT2D eigenvalue weighted by Crippen LogP contribution is -2.37.